The van der Waals surface area contributed by atoms with Gasteiger partial charge in [0.05, 0.1) is 31.7 Å². The van der Waals surface area contributed by atoms with Crippen molar-refractivity contribution in [2.75, 3.05) is 49.5 Å². The standard InChI is InChI=1S/C24H40N4O2/c1-5-8-9-23(29)26-20-10-11-22(28-15-12-19(4)13-16-28)21(18-20)24(30)25-14-17-27(6-2)7-3/h10-11,18-19H,5-9,12-17H2,1-4H3,(H,25,30)(H,26,29)/p+1. The average molecular weight is 418 g/mol. The molecule has 0 spiro atoms. The summed E-state index contributed by atoms with van der Waals surface area (Å²) in [4.78, 5) is 29.0. The van der Waals surface area contributed by atoms with Gasteiger partial charge in [0.1, 0.15) is 0 Å². The first kappa shape index (κ1) is 24.2. The van der Waals surface area contributed by atoms with Gasteiger partial charge < -0.3 is 20.4 Å². The van der Waals surface area contributed by atoms with Gasteiger partial charge in [-0.2, -0.15) is 0 Å². The average Bonchev–Trinajstić information content (AvgIpc) is 2.76. The molecule has 0 atom stereocenters. The lowest BCUT2D eigenvalue weighted by atomic mass is 9.97. The van der Waals surface area contributed by atoms with Crippen LogP contribution in [0.3, 0.4) is 0 Å². The van der Waals surface area contributed by atoms with E-state index in [1.807, 2.05) is 18.2 Å². The molecule has 0 unspecified atom stereocenters. The third kappa shape index (κ3) is 7.31. The van der Waals surface area contributed by atoms with Crippen molar-refractivity contribution in [1.29, 1.82) is 0 Å². The number of likely N-dealkylation sites (N-methyl/N-ethyl adjacent to an activating group) is 1. The van der Waals surface area contributed by atoms with Crippen LogP contribution in [0.1, 0.15) is 70.2 Å². The van der Waals surface area contributed by atoms with E-state index < -0.39 is 0 Å². The van der Waals surface area contributed by atoms with Gasteiger partial charge in [-0.3, -0.25) is 9.59 Å². The van der Waals surface area contributed by atoms with Crippen molar-refractivity contribution in [3.05, 3.63) is 23.8 Å². The molecule has 0 bridgehead atoms. The molecule has 3 N–H and O–H groups in total. The van der Waals surface area contributed by atoms with Crippen LogP contribution in [0.15, 0.2) is 18.2 Å². The Hall–Kier alpha value is -2.08. The van der Waals surface area contributed by atoms with Crippen molar-refractivity contribution < 1.29 is 14.5 Å². The van der Waals surface area contributed by atoms with Crippen LogP contribution in [-0.4, -0.2) is 51.1 Å². The van der Waals surface area contributed by atoms with Gasteiger partial charge in [-0.15, -0.1) is 0 Å². The summed E-state index contributed by atoms with van der Waals surface area (Å²) in [5.74, 6) is 0.681. The van der Waals surface area contributed by atoms with Gasteiger partial charge in [0, 0.05) is 30.9 Å². The molecule has 1 heterocycles. The van der Waals surface area contributed by atoms with Crippen LogP contribution < -0.4 is 20.4 Å². The van der Waals surface area contributed by atoms with Gasteiger partial charge in [-0.25, -0.2) is 0 Å². The Labute approximate surface area is 182 Å². The largest absolute Gasteiger partial charge is 0.371 e. The Morgan fingerprint density at radius 1 is 1.13 bits per heavy atom. The topological polar surface area (TPSA) is 65.9 Å². The number of anilines is 2. The third-order valence-electron chi connectivity index (χ3n) is 6.17. The third-order valence-corrected chi connectivity index (χ3v) is 6.17. The lowest BCUT2D eigenvalue weighted by molar-refractivity contribution is -0.895. The van der Waals surface area contributed by atoms with E-state index in [1.54, 1.807) is 0 Å². The van der Waals surface area contributed by atoms with Crippen LogP contribution in [0, 0.1) is 5.92 Å². The number of carbonyl (C=O) groups excluding carboxylic acids is 2. The highest BCUT2D eigenvalue weighted by Gasteiger charge is 2.22. The molecule has 6 heteroatoms. The number of hydrogen-bond acceptors (Lipinski definition) is 3. The molecule has 0 aromatic heterocycles. The number of piperidine rings is 1. The van der Waals surface area contributed by atoms with Gasteiger partial charge in [0.25, 0.3) is 5.91 Å². The molecule has 2 amide bonds. The number of rotatable bonds is 11. The second kappa shape index (κ2) is 12.6. The minimum atomic E-state index is -0.0557. The molecular formula is C24H41N4O2+. The van der Waals surface area contributed by atoms with Crippen LogP contribution in [-0.2, 0) is 4.79 Å². The molecule has 0 radical (unpaired) electrons. The van der Waals surface area contributed by atoms with E-state index in [2.05, 4.69) is 43.2 Å². The molecule has 30 heavy (non-hydrogen) atoms. The number of nitrogens with zero attached hydrogens (tertiary/aromatic N) is 1. The summed E-state index contributed by atoms with van der Waals surface area (Å²) in [7, 11) is 0. The van der Waals surface area contributed by atoms with E-state index in [0.29, 0.717) is 24.2 Å². The van der Waals surface area contributed by atoms with Crippen LogP contribution in [0.4, 0.5) is 11.4 Å². The van der Waals surface area contributed by atoms with E-state index in [4.69, 9.17) is 0 Å². The van der Waals surface area contributed by atoms with Crippen LogP contribution in [0.25, 0.3) is 0 Å². The zero-order valence-corrected chi connectivity index (χ0v) is 19.4. The zero-order valence-electron chi connectivity index (χ0n) is 19.4. The quantitative estimate of drug-likeness (QED) is 0.519. The molecule has 0 aliphatic carbocycles. The summed E-state index contributed by atoms with van der Waals surface area (Å²) >= 11 is 0. The van der Waals surface area contributed by atoms with Crippen molar-refractivity contribution in [2.45, 2.75) is 59.8 Å². The Kier molecular flexibility index (Phi) is 10.1. The molecule has 1 aromatic rings. The number of carbonyl (C=O) groups is 2. The van der Waals surface area contributed by atoms with Crippen molar-refractivity contribution >= 4 is 23.2 Å². The molecule has 6 nitrogen and oxygen atoms in total. The fourth-order valence-electron chi connectivity index (χ4n) is 3.93. The highest BCUT2D eigenvalue weighted by atomic mass is 16.2. The monoisotopic (exact) mass is 417 g/mol. The first-order valence-electron chi connectivity index (χ1n) is 11.8. The van der Waals surface area contributed by atoms with E-state index in [1.165, 1.54) is 4.90 Å². The van der Waals surface area contributed by atoms with E-state index in [-0.39, 0.29) is 11.8 Å². The number of unbranched alkanes of at least 4 members (excludes halogenated alkanes) is 1. The van der Waals surface area contributed by atoms with E-state index >= 15 is 0 Å². The van der Waals surface area contributed by atoms with Crippen molar-refractivity contribution in [3.8, 4) is 0 Å². The number of hydrogen-bond donors (Lipinski definition) is 3. The van der Waals surface area contributed by atoms with Gasteiger partial charge >= 0.3 is 0 Å². The number of amides is 2. The number of quaternary nitrogens is 1. The van der Waals surface area contributed by atoms with Gasteiger partial charge in [0.2, 0.25) is 5.91 Å². The molecule has 1 aromatic carbocycles. The molecule has 168 valence electrons. The lowest BCUT2D eigenvalue weighted by Gasteiger charge is -2.33. The van der Waals surface area contributed by atoms with Crippen LogP contribution in [0.5, 0.6) is 0 Å². The maximum atomic E-state index is 13.1. The van der Waals surface area contributed by atoms with Gasteiger partial charge in [0.15, 0.2) is 0 Å². The Bertz CT molecular complexity index is 680. The SMILES string of the molecule is CCCCC(=O)Nc1ccc(N2CCC(C)CC2)c(C(=O)NCC[NH+](CC)CC)c1. The normalized spacial score (nSPS) is 14.8. The van der Waals surface area contributed by atoms with Crippen LogP contribution >= 0.6 is 0 Å². The van der Waals surface area contributed by atoms with Crippen molar-refractivity contribution in [3.63, 3.8) is 0 Å². The molecule has 0 saturated carbocycles. The minimum Gasteiger partial charge on any atom is -0.371 e. The second-order valence-corrected chi connectivity index (χ2v) is 8.52. The highest BCUT2D eigenvalue weighted by molar-refractivity contribution is 6.02. The van der Waals surface area contributed by atoms with Crippen molar-refractivity contribution in [2.24, 2.45) is 5.92 Å². The summed E-state index contributed by atoms with van der Waals surface area (Å²) in [6, 6.07) is 5.76. The predicted molar refractivity (Wildman–Crippen MR) is 124 cm³/mol. The summed E-state index contributed by atoms with van der Waals surface area (Å²) in [5.41, 5.74) is 2.33. The lowest BCUT2D eigenvalue weighted by Crippen LogP contribution is -3.12. The fourth-order valence-corrected chi connectivity index (χ4v) is 3.93. The molecule has 1 aliphatic heterocycles. The molecule has 1 fully saturated rings. The maximum absolute atomic E-state index is 13.1. The Morgan fingerprint density at radius 2 is 1.83 bits per heavy atom. The Morgan fingerprint density at radius 3 is 2.47 bits per heavy atom. The van der Waals surface area contributed by atoms with Gasteiger partial charge in [-0.1, -0.05) is 20.3 Å². The summed E-state index contributed by atoms with van der Waals surface area (Å²) in [6.07, 6.45) is 4.65. The second-order valence-electron chi connectivity index (χ2n) is 8.52. The summed E-state index contributed by atoms with van der Waals surface area (Å²) in [5, 5.41) is 6.06. The summed E-state index contributed by atoms with van der Waals surface area (Å²) in [6.45, 7) is 14.3. The van der Waals surface area contributed by atoms with Crippen molar-refractivity contribution in [1.82, 2.24) is 5.32 Å². The molecule has 2 rings (SSSR count). The highest BCUT2D eigenvalue weighted by Crippen LogP contribution is 2.28. The minimum absolute atomic E-state index is 0.00730. The molecular weight excluding hydrogens is 376 g/mol. The number of nitrogens with one attached hydrogen (secondary N) is 3. The van der Waals surface area contributed by atoms with Gasteiger partial charge in [-0.05, 0) is 57.2 Å². The molecule has 1 aliphatic rings. The predicted octanol–water partition coefficient (Wildman–Crippen LogP) is 2.71. The first-order valence-corrected chi connectivity index (χ1v) is 11.8. The zero-order chi connectivity index (χ0) is 21.9. The van der Waals surface area contributed by atoms with E-state index in [0.717, 1.165) is 70.0 Å². The Balaban J connectivity index is 2.15. The van der Waals surface area contributed by atoms with E-state index in [9.17, 15) is 9.59 Å². The fraction of sp³-hybridized carbons (Fsp3) is 0.667. The molecule has 1 saturated heterocycles. The summed E-state index contributed by atoms with van der Waals surface area (Å²) < 4.78 is 0. The number of benzene rings is 1. The maximum Gasteiger partial charge on any atom is 0.253 e. The smallest absolute Gasteiger partial charge is 0.253 e. The first-order chi connectivity index (χ1) is 14.5. The van der Waals surface area contributed by atoms with Crippen LogP contribution in [0.2, 0.25) is 0 Å².